The molecule has 1 atom stereocenters. The number of fused-ring (bicyclic) bond motifs is 3. The Hall–Kier alpha value is -3.32. The zero-order chi connectivity index (χ0) is 23.1. The molecule has 2 aromatic heterocycles. The lowest BCUT2D eigenvalue weighted by atomic mass is 10.1. The van der Waals surface area contributed by atoms with Crippen LogP contribution >= 0.6 is 11.6 Å². The molecule has 5 rings (SSSR count). The molecule has 0 saturated carbocycles. The summed E-state index contributed by atoms with van der Waals surface area (Å²) >= 11 is 6.31. The van der Waals surface area contributed by atoms with Gasteiger partial charge < -0.3 is 9.47 Å². The van der Waals surface area contributed by atoms with Crippen molar-refractivity contribution in [3.05, 3.63) is 91.6 Å². The van der Waals surface area contributed by atoms with Gasteiger partial charge in [0.2, 0.25) is 5.95 Å². The molecule has 1 aliphatic rings. The van der Waals surface area contributed by atoms with Crippen LogP contribution in [0.5, 0.6) is 0 Å². The Balaban J connectivity index is 1.60. The Kier molecular flexibility index (Phi) is 5.58. The molecule has 0 fully saturated rings. The highest BCUT2D eigenvalue weighted by molar-refractivity contribution is 6.31. The second-order valence-corrected chi connectivity index (χ2v) is 9.21. The standard InChI is InChI=1S/C25H26ClN5O2/c1-17-14-29(13-12-18-8-4-3-5-9-18)24-27-22-21(30(24)15-17)23(32)31(25(33)28(22)2)16-19-10-6-7-11-20(19)26/h3-11,17H,12-16H2,1-2H3/t17-/m0/s1. The van der Waals surface area contributed by atoms with Gasteiger partial charge in [-0.15, -0.1) is 0 Å². The Morgan fingerprint density at radius 1 is 1.03 bits per heavy atom. The summed E-state index contributed by atoms with van der Waals surface area (Å²) in [5.41, 5.74) is 2.15. The predicted molar refractivity (Wildman–Crippen MR) is 131 cm³/mol. The van der Waals surface area contributed by atoms with Crippen molar-refractivity contribution in [3.63, 3.8) is 0 Å². The Morgan fingerprint density at radius 2 is 1.76 bits per heavy atom. The van der Waals surface area contributed by atoms with Gasteiger partial charge in [0, 0.05) is 31.7 Å². The third-order valence-electron chi connectivity index (χ3n) is 6.32. The monoisotopic (exact) mass is 463 g/mol. The van der Waals surface area contributed by atoms with E-state index in [1.165, 1.54) is 14.7 Å². The number of aromatic nitrogens is 4. The molecule has 1 aliphatic heterocycles. The lowest BCUT2D eigenvalue weighted by Crippen LogP contribution is -2.41. The van der Waals surface area contributed by atoms with Crippen LogP contribution in [0.2, 0.25) is 5.02 Å². The van der Waals surface area contributed by atoms with Crippen LogP contribution in [0.1, 0.15) is 18.1 Å². The fourth-order valence-corrected chi connectivity index (χ4v) is 4.83. The molecule has 170 valence electrons. The van der Waals surface area contributed by atoms with Gasteiger partial charge in [-0.1, -0.05) is 67.1 Å². The second-order valence-electron chi connectivity index (χ2n) is 8.81. The summed E-state index contributed by atoms with van der Waals surface area (Å²) in [6.07, 6.45) is 0.881. The Labute approximate surface area is 196 Å². The average molecular weight is 464 g/mol. The molecule has 0 amide bonds. The molecule has 0 spiro atoms. The number of benzene rings is 2. The van der Waals surface area contributed by atoms with E-state index in [0.29, 0.717) is 28.6 Å². The van der Waals surface area contributed by atoms with Gasteiger partial charge in [0.15, 0.2) is 11.2 Å². The van der Waals surface area contributed by atoms with Crippen LogP contribution in [0, 0.1) is 5.92 Å². The summed E-state index contributed by atoms with van der Waals surface area (Å²) in [5.74, 6) is 1.10. The van der Waals surface area contributed by atoms with E-state index in [1.54, 1.807) is 13.1 Å². The number of halogens is 1. The molecular weight excluding hydrogens is 438 g/mol. The van der Waals surface area contributed by atoms with Gasteiger partial charge in [-0.2, -0.15) is 4.98 Å². The van der Waals surface area contributed by atoms with Crippen molar-refractivity contribution in [2.45, 2.75) is 26.4 Å². The highest BCUT2D eigenvalue weighted by Crippen LogP contribution is 2.27. The quantitative estimate of drug-likeness (QED) is 0.455. The lowest BCUT2D eigenvalue weighted by molar-refractivity contribution is 0.437. The molecule has 0 unspecified atom stereocenters. The predicted octanol–water partition coefficient (Wildman–Crippen LogP) is 3.30. The maximum absolute atomic E-state index is 13.6. The number of anilines is 1. The molecule has 33 heavy (non-hydrogen) atoms. The number of imidazole rings is 1. The summed E-state index contributed by atoms with van der Waals surface area (Å²) in [7, 11) is 1.67. The molecule has 0 N–H and O–H groups in total. The maximum atomic E-state index is 13.6. The molecule has 0 bridgehead atoms. The van der Waals surface area contributed by atoms with Crippen LogP contribution in [-0.4, -0.2) is 31.8 Å². The van der Waals surface area contributed by atoms with E-state index in [-0.39, 0.29) is 12.1 Å². The highest BCUT2D eigenvalue weighted by Gasteiger charge is 2.29. The first-order valence-corrected chi connectivity index (χ1v) is 11.5. The topological polar surface area (TPSA) is 65.1 Å². The summed E-state index contributed by atoms with van der Waals surface area (Å²) in [5, 5.41) is 0.530. The number of rotatable bonds is 5. The summed E-state index contributed by atoms with van der Waals surface area (Å²) in [4.78, 5) is 33.7. The smallest absolute Gasteiger partial charge is 0.332 e. The molecule has 4 aromatic rings. The molecule has 3 heterocycles. The minimum Gasteiger partial charge on any atom is -0.342 e. The molecule has 2 aromatic carbocycles. The van der Waals surface area contributed by atoms with Gasteiger partial charge >= 0.3 is 5.69 Å². The van der Waals surface area contributed by atoms with E-state index in [4.69, 9.17) is 16.6 Å². The van der Waals surface area contributed by atoms with Crippen molar-refractivity contribution in [1.82, 2.24) is 18.7 Å². The summed E-state index contributed by atoms with van der Waals surface area (Å²) < 4.78 is 4.71. The van der Waals surface area contributed by atoms with E-state index >= 15 is 0 Å². The first-order valence-electron chi connectivity index (χ1n) is 11.2. The van der Waals surface area contributed by atoms with Crippen molar-refractivity contribution in [1.29, 1.82) is 0 Å². The first kappa shape index (κ1) is 21.5. The SMILES string of the molecule is C[C@H]1CN(CCc2ccccc2)c2nc3c(c(=O)n(Cc4ccccc4Cl)c(=O)n3C)n2C1. The van der Waals surface area contributed by atoms with Crippen LogP contribution in [0.4, 0.5) is 5.95 Å². The van der Waals surface area contributed by atoms with E-state index in [0.717, 1.165) is 31.0 Å². The van der Waals surface area contributed by atoms with Crippen LogP contribution < -0.4 is 16.1 Å². The van der Waals surface area contributed by atoms with Gasteiger partial charge in [-0.3, -0.25) is 13.9 Å². The van der Waals surface area contributed by atoms with Crippen LogP contribution in [0.25, 0.3) is 11.2 Å². The van der Waals surface area contributed by atoms with E-state index in [1.807, 2.05) is 41.0 Å². The summed E-state index contributed by atoms with van der Waals surface area (Å²) in [6, 6.07) is 17.6. The zero-order valence-corrected chi connectivity index (χ0v) is 19.5. The third kappa shape index (κ3) is 3.86. The van der Waals surface area contributed by atoms with Gasteiger partial charge in [0.05, 0.1) is 6.54 Å². The molecule has 0 aliphatic carbocycles. The fourth-order valence-electron chi connectivity index (χ4n) is 4.64. The minimum atomic E-state index is -0.397. The Morgan fingerprint density at radius 3 is 2.52 bits per heavy atom. The number of nitrogens with zero attached hydrogens (tertiary/aromatic N) is 5. The Bertz CT molecular complexity index is 1440. The van der Waals surface area contributed by atoms with Crippen molar-refractivity contribution in [3.8, 4) is 0 Å². The van der Waals surface area contributed by atoms with E-state index < -0.39 is 5.69 Å². The van der Waals surface area contributed by atoms with Gasteiger partial charge in [-0.05, 0) is 29.5 Å². The van der Waals surface area contributed by atoms with Gasteiger partial charge in [-0.25, -0.2) is 4.79 Å². The fraction of sp³-hybridized carbons (Fsp3) is 0.320. The first-order chi connectivity index (χ1) is 15.9. The minimum absolute atomic E-state index is 0.120. The summed E-state index contributed by atoms with van der Waals surface area (Å²) in [6.45, 7) is 4.63. The van der Waals surface area contributed by atoms with Crippen LogP contribution in [0.3, 0.4) is 0 Å². The maximum Gasteiger partial charge on any atom is 0.332 e. The normalized spacial score (nSPS) is 15.7. The number of hydrogen-bond acceptors (Lipinski definition) is 4. The third-order valence-corrected chi connectivity index (χ3v) is 6.69. The van der Waals surface area contributed by atoms with E-state index in [9.17, 15) is 9.59 Å². The lowest BCUT2D eigenvalue weighted by Gasteiger charge is -2.33. The molecule has 7 nitrogen and oxygen atoms in total. The molecular formula is C25H26ClN5O2. The van der Waals surface area contributed by atoms with E-state index in [2.05, 4.69) is 24.0 Å². The largest absolute Gasteiger partial charge is 0.342 e. The van der Waals surface area contributed by atoms with Crippen LogP contribution in [-0.2, 0) is 26.6 Å². The molecule has 8 heteroatoms. The number of hydrogen-bond donors (Lipinski definition) is 0. The second kappa shape index (κ2) is 8.56. The number of aryl methyl sites for hydroxylation is 1. The van der Waals surface area contributed by atoms with Crippen molar-refractivity contribution < 1.29 is 0 Å². The molecule has 0 radical (unpaired) electrons. The van der Waals surface area contributed by atoms with Crippen molar-refractivity contribution in [2.75, 3.05) is 18.0 Å². The van der Waals surface area contributed by atoms with Crippen molar-refractivity contribution in [2.24, 2.45) is 13.0 Å². The van der Waals surface area contributed by atoms with Gasteiger partial charge in [0.25, 0.3) is 5.56 Å². The van der Waals surface area contributed by atoms with Crippen molar-refractivity contribution >= 4 is 28.7 Å². The average Bonchev–Trinajstić information content (AvgIpc) is 3.20. The van der Waals surface area contributed by atoms with Crippen LogP contribution in [0.15, 0.2) is 64.2 Å². The highest BCUT2D eigenvalue weighted by atomic mass is 35.5. The zero-order valence-electron chi connectivity index (χ0n) is 18.7. The van der Waals surface area contributed by atoms with Gasteiger partial charge in [0.1, 0.15) is 0 Å². The molecule has 0 saturated heterocycles.